The molecule has 29 heavy (non-hydrogen) atoms. The van der Waals surface area contributed by atoms with Gasteiger partial charge in [0, 0.05) is 24.7 Å². The predicted molar refractivity (Wildman–Crippen MR) is 96.3 cm³/mol. The van der Waals surface area contributed by atoms with Gasteiger partial charge < -0.3 is 13.9 Å². The molecule has 0 bridgehead atoms. The summed E-state index contributed by atoms with van der Waals surface area (Å²) < 4.78 is 57.7. The van der Waals surface area contributed by atoms with Crippen LogP contribution in [0.5, 0.6) is 0 Å². The minimum atomic E-state index is -5.06. The molecule has 1 aromatic heterocycles. The maximum Gasteiger partial charge on any atom is 0.432 e. The number of halogens is 3. The molecule has 0 unspecified atom stereocenters. The number of furan rings is 1. The largest absolute Gasteiger partial charge is 0.461 e. The van der Waals surface area contributed by atoms with Crippen LogP contribution in [0.25, 0.3) is 0 Å². The number of hydrogen-bond acceptors (Lipinski definition) is 5. The fourth-order valence-electron chi connectivity index (χ4n) is 3.67. The molecule has 0 radical (unpaired) electrons. The zero-order chi connectivity index (χ0) is 21.2. The van der Waals surface area contributed by atoms with Gasteiger partial charge in [-0.1, -0.05) is 43.7 Å². The van der Waals surface area contributed by atoms with Gasteiger partial charge >= 0.3 is 12.1 Å². The number of rotatable bonds is 6. The Hall–Kier alpha value is -2.61. The SMILES string of the molecule is CCCc1coc2c1[C@@H](OC(=O)[C@@](OC)(c1ccccc1)C(F)(F)F)CCC2=O. The van der Waals surface area contributed by atoms with Crippen molar-refractivity contribution in [2.75, 3.05) is 7.11 Å². The average molecular weight is 410 g/mol. The maximum absolute atomic E-state index is 14.1. The molecule has 8 heteroatoms. The molecular formula is C21H21F3O5. The molecule has 0 aliphatic heterocycles. The Morgan fingerprint density at radius 1 is 1.24 bits per heavy atom. The van der Waals surface area contributed by atoms with Crippen LogP contribution in [0.15, 0.2) is 41.0 Å². The number of hydrogen-bond donors (Lipinski definition) is 0. The number of ketones is 1. The Morgan fingerprint density at radius 3 is 2.52 bits per heavy atom. The topological polar surface area (TPSA) is 65.7 Å². The van der Waals surface area contributed by atoms with Crippen LogP contribution in [0.4, 0.5) is 13.2 Å². The second kappa shape index (κ2) is 8.02. The van der Waals surface area contributed by atoms with Gasteiger partial charge in [0.05, 0.1) is 6.26 Å². The van der Waals surface area contributed by atoms with Crippen LogP contribution in [0.1, 0.15) is 59.5 Å². The molecule has 1 aliphatic carbocycles. The lowest BCUT2D eigenvalue weighted by Crippen LogP contribution is -2.52. The van der Waals surface area contributed by atoms with E-state index in [4.69, 9.17) is 13.9 Å². The number of fused-ring (bicyclic) bond motifs is 1. The van der Waals surface area contributed by atoms with E-state index in [1.807, 2.05) is 6.92 Å². The van der Waals surface area contributed by atoms with E-state index in [-0.39, 0.29) is 29.9 Å². The Morgan fingerprint density at radius 2 is 1.93 bits per heavy atom. The van der Waals surface area contributed by atoms with Crippen molar-refractivity contribution < 1.29 is 36.7 Å². The summed E-state index contributed by atoms with van der Waals surface area (Å²) in [7, 11) is 0.817. The van der Waals surface area contributed by atoms with Crippen molar-refractivity contribution in [3.8, 4) is 0 Å². The third-order valence-corrected chi connectivity index (χ3v) is 5.06. The van der Waals surface area contributed by atoms with Crippen molar-refractivity contribution in [3.05, 3.63) is 59.0 Å². The lowest BCUT2D eigenvalue weighted by atomic mass is 9.89. The van der Waals surface area contributed by atoms with Gasteiger partial charge in [0.25, 0.3) is 5.60 Å². The van der Waals surface area contributed by atoms with Crippen LogP contribution in [-0.4, -0.2) is 25.0 Å². The van der Waals surface area contributed by atoms with Crippen LogP contribution in [0.2, 0.25) is 0 Å². The summed E-state index contributed by atoms with van der Waals surface area (Å²) in [5, 5.41) is 0. The van der Waals surface area contributed by atoms with Gasteiger partial charge in [-0.15, -0.1) is 0 Å². The zero-order valence-electron chi connectivity index (χ0n) is 16.0. The molecular weight excluding hydrogens is 389 g/mol. The second-order valence-electron chi connectivity index (χ2n) is 6.86. The fraction of sp³-hybridized carbons (Fsp3) is 0.429. The number of Topliss-reactive ketones (excluding diaryl/α,β-unsaturated/α-hetero) is 1. The quantitative estimate of drug-likeness (QED) is 0.634. The Kier molecular flexibility index (Phi) is 5.84. The Balaban J connectivity index is 2.01. The molecule has 1 aliphatic rings. The number of alkyl halides is 3. The van der Waals surface area contributed by atoms with E-state index in [2.05, 4.69) is 0 Å². The number of aryl methyl sites for hydroxylation is 1. The third-order valence-electron chi connectivity index (χ3n) is 5.06. The number of carbonyl (C=O) groups is 2. The molecule has 0 saturated carbocycles. The van der Waals surface area contributed by atoms with Gasteiger partial charge in [-0.2, -0.15) is 13.2 Å². The van der Waals surface area contributed by atoms with Gasteiger partial charge in [0.2, 0.25) is 0 Å². The summed E-state index contributed by atoms with van der Waals surface area (Å²) in [6, 6.07) is 6.62. The van der Waals surface area contributed by atoms with Crippen LogP contribution in [0.3, 0.4) is 0 Å². The van der Waals surface area contributed by atoms with Gasteiger partial charge in [-0.05, 0) is 18.4 Å². The van der Waals surface area contributed by atoms with E-state index < -0.39 is 23.9 Å². The van der Waals surface area contributed by atoms with Crippen molar-refractivity contribution in [3.63, 3.8) is 0 Å². The highest BCUT2D eigenvalue weighted by Crippen LogP contribution is 2.45. The second-order valence-corrected chi connectivity index (χ2v) is 6.86. The van der Waals surface area contributed by atoms with E-state index in [1.165, 1.54) is 24.5 Å². The first kappa shape index (κ1) is 21.1. The number of carbonyl (C=O) groups excluding carboxylic acids is 2. The number of methoxy groups -OCH3 is 1. The number of benzene rings is 1. The van der Waals surface area contributed by atoms with E-state index in [0.29, 0.717) is 17.5 Å². The van der Waals surface area contributed by atoms with E-state index in [0.717, 1.165) is 25.7 Å². The summed E-state index contributed by atoms with van der Waals surface area (Å²) >= 11 is 0. The normalized spacial score (nSPS) is 18.8. The molecule has 1 heterocycles. The van der Waals surface area contributed by atoms with Crippen molar-refractivity contribution in [1.82, 2.24) is 0 Å². The predicted octanol–water partition coefficient (Wildman–Crippen LogP) is 4.90. The molecule has 2 atom stereocenters. The molecule has 0 fully saturated rings. The van der Waals surface area contributed by atoms with Crippen molar-refractivity contribution in [1.29, 1.82) is 0 Å². The molecule has 0 amide bonds. The zero-order valence-corrected chi connectivity index (χ0v) is 16.0. The van der Waals surface area contributed by atoms with Crippen LogP contribution >= 0.6 is 0 Å². The van der Waals surface area contributed by atoms with Crippen molar-refractivity contribution >= 4 is 11.8 Å². The molecule has 0 N–H and O–H groups in total. The fourth-order valence-corrected chi connectivity index (χ4v) is 3.67. The standard InChI is InChI=1S/C21H21F3O5/c1-3-7-13-12-28-18-15(25)10-11-16(17(13)18)29-19(26)20(27-2,21(22,23)24)14-8-5-4-6-9-14/h4-6,8-9,12,16H,3,7,10-11H2,1-2H3/t16-,20-/m0/s1. The summed E-state index contributed by atoms with van der Waals surface area (Å²) in [5.74, 6) is -1.79. The Labute approximate surface area is 165 Å². The highest BCUT2D eigenvalue weighted by molar-refractivity contribution is 5.96. The van der Waals surface area contributed by atoms with E-state index >= 15 is 0 Å². The summed E-state index contributed by atoms with van der Waals surface area (Å²) in [6.07, 6.45) is -3.29. The maximum atomic E-state index is 14.1. The molecule has 156 valence electrons. The molecule has 1 aromatic carbocycles. The minimum Gasteiger partial charge on any atom is -0.461 e. The summed E-state index contributed by atoms with van der Waals surface area (Å²) in [6.45, 7) is 1.92. The highest BCUT2D eigenvalue weighted by atomic mass is 19.4. The number of esters is 1. The van der Waals surface area contributed by atoms with Crippen molar-refractivity contribution in [2.24, 2.45) is 0 Å². The lowest BCUT2D eigenvalue weighted by Gasteiger charge is -2.34. The first-order valence-electron chi connectivity index (χ1n) is 9.28. The summed E-state index contributed by atoms with van der Waals surface area (Å²) in [4.78, 5) is 25.0. The van der Waals surface area contributed by atoms with E-state index in [1.54, 1.807) is 0 Å². The monoisotopic (exact) mass is 410 g/mol. The minimum absolute atomic E-state index is 0.0152. The highest BCUT2D eigenvalue weighted by Gasteiger charge is 2.64. The van der Waals surface area contributed by atoms with Crippen LogP contribution in [0, 0.1) is 0 Å². The molecule has 2 aromatic rings. The van der Waals surface area contributed by atoms with Crippen LogP contribution in [-0.2, 0) is 26.3 Å². The molecule has 5 nitrogen and oxygen atoms in total. The first-order chi connectivity index (χ1) is 13.8. The van der Waals surface area contributed by atoms with Gasteiger partial charge in [-0.3, -0.25) is 4.79 Å². The molecule has 0 saturated heterocycles. The average Bonchev–Trinajstić information content (AvgIpc) is 3.10. The molecule has 3 rings (SSSR count). The van der Waals surface area contributed by atoms with Crippen molar-refractivity contribution in [2.45, 2.75) is 50.5 Å². The third kappa shape index (κ3) is 3.57. The van der Waals surface area contributed by atoms with Crippen LogP contribution < -0.4 is 0 Å². The van der Waals surface area contributed by atoms with Gasteiger partial charge in [0.15, 0.2) is 11.5 Å². The number of ether oxygens (including phenoxy) is 2. The van der Waals surface area contributed by atoms with Gasteiger partial charge in [-0.25, -0.2) is 4.79 Å². The van der Waals surface area contributed by atoms with E-state index in [9.17, 15) is 22.8 Å². The van der Waals surface area contributed by atoms with Gasteiger partial charge in [0.1, 0.15) is 6.10 Å². The smallest absolute Gasteiger partial charge is 0.432 e. The summed E-state index contributed by atoms with van der Waals surface area (Å²) in [5.41, 5.74) is -2.64. The lowest BCUT2D eigenvalue weighted by molar-refractivity contribution is -0.278. The molecule has 0 spiro atoms. The first-order valence-corrected chi connectivity index (χ1v) is 9.28. The Bertz CT molecular complexity index is 887.